The summed E-state index contributed by atoms with van der Waals surface area (Å²) in [6.07, 6.45) is 7.16. The minimum atomic E-state index is -0.334. The Bertz CT molecular complexity index is 1150. The van der Waals surface area contributed by atoms with Gasteiger partial charge in [-0.25, -0.2) is 9.07 Å². The molecule has 0 saturated heterocycles. The first-order chi connectivity index (χ1) is 14.7. The molecule has 2 N–H and O–H groups in total. The zero-order chi connectivity index (χ0) is 20.8. The topological polar surface area (TPSA) is 88.5 Å². The van der Waals surface area contributed by atoms with Gasteiger partial charge in [-0.1, -0.05) is 47.7 Å². The van der Waals surface area contributed by atoms with Gasteiger partial charge in [0.15, 0.2) is 5.69 Å². The maximum atomic E-state index is 13.1. The van der Waals surface area contributed by atoms with Crippen LogP contribution >= 0.6 is 0 Å². The van der Waals surface area contributed by atoms with E-state index in [0.717, 1.165) is 22.4 Å². The van der Waals surface area contributed by atoms with Gasteiger partial charge in [-0.15, -0.1) is 5.10 Å². The number of H-pyrrole nitrogens is 1. The van der Waals surface area contributed by atoms with E-state index >= 15 is 0 Å². The molecule has 30 heavy (non-hydrogen) atoms. The molecule has 4 rings (SSSR count). The van der Waals surface area contributed by atoms with Crippen LogP contribution in [0.4, 0.5) is 4.39 Å². The molecule has 0 spiro atoms. The first-order valence-corrected chi connectivity index (χ1v) is 9.37. The molecule has 8 heteroatoms. The van der Waals surface area contributed by atoms with Crippen molar-refractivity contribution in [3.63, 3.8) is 0 Å². The predicted molar refractivity (Wildman–Crippen MR) is 111 cm³/mol. The molecule has 0 fully saturated rings. The molecule has 7 nitrogen and oxygen atoms in total. The summed E-state index contributed by atoms with van der Waals surface area (Å²) in [5.74, 6) is -0.644. The molecule has 0 unspecified atom stereocenters. The quantitative estimate of drug-likeness (QED) is 0.496. The number of carbonyl (C=O) groups excluding carboxylic acids is 1. The van der Waals surface area contributed by atoms with Crippen molar-refractivity contribution in [2.45, 2.75) is 13.1 Å². The number of hydrogen-bond acceptors (Lipinski definition) is 4. The Kier molecular flexibility index (Phi) is 5.75. The van der Waals surface area contributed by atoms with E-state index in [1.165, 1.54) is 12.1 Å². The normalized spacial score (nSPS) is 11.1. The van der Waals surface area contributed by atoms with Crippen molar-refractivity contribution in [3.8, 4) is 11.3 Å². The second-order valence-electron chi connectivity index (χ2n) is 6.60. The molecule has 2 heterocycles. The Balaban J connectivity index is 1.35. The van der Waals surface area contributed by atoms with E-state index in [1.54, 1.807) is 29.2 Å². The highest BCUT2D eigenvalue weighted by molar-refractivity contribution is 5.91. The molecule has 0 aliphatic carbocycles. The Morgan fingerprint density at radius 1 is 1.13 bits per heavy atom. The smallest absolute Gasteiger partial charge is 0.273 e. The van der Waals surface area contributed by atoms with Crippen LogP contribution in [0.5, 0.6) is 0 Å². The number of carbonyl (C=O) groups is 1. The Hall–Kier alpha value is -4.07. The van der Waals surface area contributed by atoms with E-state index < -0.39 is 0 Å². The summed E-state index contributed by atoms with van der Waals surface area (Å²) in [5, 5.41) is 17.6. The van der Waals surface area contributed by atoms with Crippen molar-refractivity contribution in [3.05, 3.63) is 95.7 Å². The van der Waals surface area contributed by atoms with Crippen molar-refractivity contribution in [1.29, 1.82) is 0 Å². The first-order valence-electron chi connectivity index (χ1n) is 9.37. The fraction of sp³-hybridized carbons (Fsp3) is 0.0909. The number of nitrogens with zero attached hydrogens (tertiary/aromatic N) is 4. The summed E-state index contributed by atoms with van der Waals surface area (Å²) in [4.78, 5) is 12.4. The van der Waals surface area contributed by atoms with Gasteiger partial charge in [-0.2, -0.15) is 5.10 Å². The van der Waals surface area contributed by atoms with Crippen LogP contribution < -0.4 is 5.32 Å². The lowest BCUT2D eigenvalue weighted by atomic mass is 10.1. The summed E-state index contributed by atoms with van der Waals surface area (Å²) >= 11 is 0. The van der Waals surface area contributed by atoms with Crippen molar-refractivity contribution in [2.24, 2.45) is 0 Å². The zero-order valence-electron chi connectivity index (χ0n) is 16.0. The standard InChI is InChI=1S/C22H19FN6O/c23-19-10-8-17(9-11-19)21-18(14-25-27-21)13-24-22(30)20-15-29(28-26-20)12-4-7-16-5-2-1-3-6-16/h1-11,14-15H,12-13H2,(H,24,30)(H,25,27)/b7-4+. The Morgan fingerprint density at radius 2 is 1.93 bits per heavy atom. The van der Waals surface area contributed by atoms with Gasteiger partial charge in [-0.3, -0.25) is 9.89 Å². The monoisotopic (exact) mass is 402 g/mol. The van der Waals surface area contributed by atoms with Gasteiger partial charge in [0.2, 0.25) is 0 Å². The average Bonchev–Trinajstić information content (AvgIpc) is 3.43. The minimum Gasteiger partial charge on any atom is -0.346 e. The van der Waals surface area contributed by atoms with Crippen LogP contribution in [0.3, 0.4) is 0 Å². The van der Waals surface area contributed by atoms with E-state index in [-0.39, 0.29) is 24.0 Å². The number of benzene rings is 2. The molecule has 0 radical (unpaired) electrons. The van der Waals surface area contributed by atoms with Crippen LogP contribution in [-0.2, 0) is 13.1 Å². The van der Waals surface area contributed by atoms with Gasteiger partial charge in [0.25, 0.3) is 5.91 Å². The molecule has 2 aromatic carbocycles. The van der Waals surface area contributed by atoms with Gasteiger partial charge >= 0.3 is 0 Å². The van der Waals surface area contributed by atoms with Gasteiger partial charge in [0.05, 0.1) is 24.6 Å². The van der Waals surface area contributed by atoms with Crippen LogP contribution in [0.2, 0.25) is 0 Å². The lowest BCUT2D eigenvalue weighted by Gasteiger charge is -2.05. The molecule has 0 aliphatic rings. The summed E-state index contributed by atoms with van der Waals surface area (Å²) in [7, 11) is 0. The van der Waals surface area contributed by atoms with Crippen molar-refractivity contribution in [1.82, 2.24) is 30.5 Å². The largest absolute Gasteiger partial charge is 0.346 e. The molecular formula is C22H19FN6O. The summed E-state index contributed by atoms with van der Waals surface area (Å²) in [5.41, 5.74) is 3.62. The molecule has 0 aliphatic heterocycles. The second-order valence-corrected chi connectivity index (χ2v) is 6.60. The van der Waals surface area contributed by atoms with Crippen LogP contribution in [0.1, 0.15) is 21.6 Å². The van der Waals surface area contributed by atoms with Crippen LogP contribution in [-0.4, -0.2) is 31.1 Å². The molecule has 0 bridgehead atoms. The average molecular weight is 402 g/mol. The third-order valence-electron chi connectivity index (χ3n) is 4.46. The highest BCUT2D eigenvalue weighted by Gasteiger charge is 2.13. The second kappa shape index (κ2) is 8.95. The van der Waals surface area contributed by atoms with Gasteiger partial charge in [-0.05, 0) is 29.8 Å². The lowest BCUT2D eigenvalue weighted by Crippen LogP contribution is -2.23. The van der Waals surface area contributed by atoms with Crippen LogP contribution in [0, 0.1) is 5.82 Å². The van der Waals surface area contributed by atoms with Gasteiger partial charge < -0.3 is 5.32 Å². The molecule has 0 atom stereocenters. The number of allylic oxidation sites excluding steroid dienone is 1. The van der Waals surface area contributed by atoms with E-state index in [0.29, 0.717) is 6.54 Å². The SMILES string of the molecule is O=C(NCc1cn[nH]c1-c1ccc(F)cc1)c1cn(C/C=C/c2ccccc2)nn1. The van der Waals surface area contributed by atoms with Gasteiger partial charge in [0, 0.05) is 17.7 Å². The number of aromatic nitrogens is 5. The number of hydrogen-bond donors (Lipinski definition) is 2. The molecule has 4 aromatic rings. The van der Waals surface area contributed by atoms with E-state index in [4.69, 9.17) is 0 Å². The molecule has 2 aromatic heterocycles. The maximum Gasteiger partial charge on any atom is 0.273 e. The zero-order valence-corrected chi connectivity index (χ0v) is 16.0. The van der Waals surface area contributed by atoms with E-state index in [2.05, 4.69) is 25.8 Å². The van der Waals surface area contributed by atoms with E-state index in [1.807, 2.05) is 42.5 Å². The van der Waals surface area contributed by atoms with Crippen molar-refractivity contribution >= 4 is 12.0 Å². The number of aromatic amines is 1. The summed E-state index contributed by atoms with van der Waals surface area (Å²) in [6.45, 7) is 0.758. The molecule has 150 valence electrons. The van der Waals surface area contributed by atoms with Gasteiger partial charge in [0.1, 0.15) is 5.82 Å². The highest BCUT2D eigenvalue weighted by atomic mass is 19.1. The first kappa shape index (κ1) is 19.3. The fourth-order valence-electron chi connectivity index (χ4n) is 2.93. The van der Waals surface area contributed by atoms with Crippen LogP contribution in [0.25, 0.3) is 17.3 Å². The molecule has 1 amide bonds. The van der Waals surface area contributed by atoms with Crippen LogP contribution in [0.15, 0.2) is 73.1 Å². The molecule has 0 saturated carbocycles. The fourth-order valence-corrected chi connectivity index (χ4v) is 2.93. The summed E-state index contributed by atoms with van der Waals surface area (Å²) < 4.78 is 14.7. The lowest BCUT2D eigenvalue weighted by molar-refractivity contribution is 0.0946. The van der Waals surface area contributed by atoms with Crippen molar-refractivity contribution < 1.29 is 9.18 Å². The van der Waals surface area contributed by atoms with Crippen molar-refractivity contribution in [2.75, 3.05) is 0 Å². The van der Waals surface area contributed by atoms with E-state index in [9.17, 15) is 9.18 Å². The Morgan fingerprint density at radius 3 is 2.73 bits per heavy atom. The maximum absolute atomic E-state index is 13.1. The highest BCUT2D eigenvalue weighted by Crippen LogP contribution is 2.21. The minimum absolute atomic E-state index is 0.231. The third-order valence-corrected chi connectivity index (χ3v) is 4.46. The number of nitrogens with one attached hydrogen (secondary N) is 2. The molecular weight excluding hydrogens is 383 g/mol. The predicted octanol–water partition coefficient (Wildman–Crippen LogP) is 3.45. The third kappa shape index (κ3) is 4.67. The number of amides is 1. The summed E-state index contributed by atoms with van der Waals surface area (Å²) in [6, 6.07) is 16.0. The number of rotatable bonds is 7. The Labute approximate surface area is 172 Å². The number of halogens is 1.